The van der Waals surface area contributed by atoms with Gasteiger partial charge in [0.05, 0.1) is 13.2 Å². The van der Waals surface area contributed by atoms with Crippen LogP contribution in [0.15, 0.2) is 24.3 Å². The van der Waals surface area contributed by atoms with E-state index in [0.717, 1.165) is 51.4 Å². The molecule has 11 nitrogen and oxygen atoms in total. The number of aliphatic carboxylic acids is 1. The van der Waals surface area contributed by atoms with Crippen LogP contribution in [0, 0.1) is 0 Å². The Morgan fingerprint density at radius 2 is 0.855 bits per heavy atom. The van der Waals surface area contributed by atoms with Crippen LogP contribution in [0.2, 0.25) is 0 Å². The highest BCUT2D eigenvalue weighted by atomic mass is 31.2. The van der Waals surface area contributed by atoms with Gasteiger partial charge in [-0.15, -0.1) is 0 Å². The number of nitrogens with two attached hydrogens (primary N) is 1. The van der Waals surface area contributed by atoms with Crippen LogP contribution < -0.4 is 5.73 Å². The van der Waals surface area contributed by atoms with Crippen LogP contribution in [0.1, 0.15) is 245 Å². The van der Waals surface area contributed by atoms with E-state index in [1.165, 1.54) is 154 Å². The zero-order valence-electron chi connectivity index (χ0n) is 39.7. The van der Waals surface area contributed by atoms with Gasteiger partial charge in [0.25, 0.3) is 0 Å². The highest BCUT2D eigenvalue weighted by molar-refractivity contribution is 7.47. The summed E-state index contributed by atoms with van der Waals surface area (Å²) in [5.41, 5.74) is 5.35. The molecule has 0 radical (unpaired) electrons. The lowest BCUT2D eigenvalue weighted by Gasteiger charge is -2.20. The van der Waals surface area contributed by atoms with E-state index in [1.807, 2.05) is 0 Å². The molecule has 0 heterocycles. The maximum absolute atomic E-state index is 12.7. The third kappa shape index (κ3) is 44.6. The quantitative estimate of drug-likeness (QED) is 0.0230. The predicted molar refractivity (Wildman–Crippen MR) is 254 cm³/mol. The second kappa shape index (κ2) is 45.5. The number of hydrogen-bond acceptors (Lipinski definition) is 9. The van der Waals surface area contributed by atoms with Crippen molar-refractivity contribution in [3.05, 3.63) is 24.3 Å². The molecule has 0 aromatic rings. The van der Waals surface area contributed by atoms with E-state index >= 15 is 0 Å². The normalized spacial score (nSPS) is 13.7. The molecule has 62 heavy (non-hydrogen) atoms. The number of carbonyl (C=O) groups is 3. The van der Waals surface area contributed by atoms with E-state index < -0.39 is 51.1 Å². The summed E-state index contributed by atoms with van der Waals surface area (Å²) >= 11 is 0. The lowest BCUT2D eigenvalue weighted by molar-refractivity contribution is -0.161. The number of allylic oxidation sites excluding steroid dienone is 4. The number of phosphoric ester groups is 1. The van der Waals surface area contributed by atoms with Crippen LogP contribution >= 0.6 is 7.82 Å². The molecular formula is C50H94NO10P. The molecule has 0 saturated heterocycles. The minimum Gasteiger partial charge on any atom is -0.480 e. The van der Waals surface area contributed by atoms with Crippen LogP contribution in [0.25, 0.3) is 0 Å². The Balaban J connectivity index is 4.23. The summed E-state index contributed by atoms with van der Waals surface area (Å²) < 4.78 is 32.8. The van der Waals surface area contributed by atoms with Gasteiger partial charge in [-0.25, -0.2) is 4.57 Å². The molecule has 0 fully saturated rings. The minimum atomic E-state index is -4.72. The molecule has 4 N–H and O–H groups in total. The number of esters is 2. The van der Waals surface area contributed by atoms with Gasteiger partial charge < -0.3 is 25.2 Å². The van der Waals surface area contributed by atoms with Crippen molar-refractivity contribution in [1.29, 1.82) is 0 Å². The number of rotatable bonds is 48. The Kier molecular flexibility index (Phi) is 44.0. The van der Waals surface area contributed by atoms with Gasteiger partial charge in [0.2, 0.25) is 0 Å². The number of hydrogen-bond donors (Lipinski definition) is 3. The van der Waals surface area contributed by atoms with Crippen molar-refractivity contribution in [1.82, 2.24) is 0 Å². The van der Waals surface area contributed by atoms with Gasteiger partial charge >= 0.3 is 25.7 Å². The molecule has 0 saturated carbocycles. The Morgan fingerprint density at radius 3 is 1.29 bits per heavy atom. The highest BCUT2D eigenvalue weighted by Crippen LogP contribution is 2.43. The summed E-state index contributed by atoms with van der Waals surface area (Å²) in [4.78, 5) is 46.2. The summed E-state index contributed by atoms with van der Waals surface area (Å²) in [5, 5.41) is 8.92. The van der Waals surface area contributed by atoms with Crippen LogP contribution in [-0.4, -0.2) is 59.9 Å². The molecule has 0 aliphatic rings. The Labute approximate surface area is 379 Å². The van der Waals surface area contributed by atoms with E-state index in [-0.39, 0.29) is 19.4 Å². The third-order valence-corrected chi connectivity index (χ3v) is 12.2. The molecule has 0 rings (SSSR count). The second-order valence-electron chi connectivity index (χ2n) is 17.3. The first-order valence-electron chi connectivity index (χ1n) is 25.4. The lowest BCUT2D eigenvalue weighted by Crippen LogP contribution is -2.34. The largest absolute Gasteiger partial charge is 0.480 e. The van der Waals surface area contributed by atoms with Crippen molar-refractivity contribution < 1.29 is 47.5 Å². The van der Waals surface area contributed by atoms with Crippen molar-refractivity contribution in [3.8, 4) is 0 Å². The maximum atomic E-state index is 12.7. The SMILES string of the molecule is CCCCC/C=C\C/C=C\CCCCCCCCCCCC(=O)O[C@H](COC(=O)CCCCCCCCCCCCCCCCCCCCC)COP(=O)(O)OC[C@H](N)C(=O)O. The summed E-state index contributed by atoms with van der Waals surface area (Å²) in [5.74, 6) is -2.37. The topological polar surface area (TPSA) is 172 Å². The fourth-order valence-electron chi connectivity index (χ4n) is 7.22. The first-order chi connectivity index (χ1) is 30.1. The van der Waals surface area contributed by atoms with E-state index in [1.54, 1.807) is 0 Å². The summed E-state index contributed by atoms with van der Waals surface area (Å²) in [6.45, 7) is 2.82. The number of unbranched alkanes of at least 4 members (excludes halogenated alkanes) is 30. The molecular weight excluding hydrogens is 806 g/mol. The Bertz CT molecular complexity index is 1150. The average Bonchev–Trinajstić information content (AvgIpc) is 3.25. The first-order valence-corrected chi connectivity index (χ1v) is 26.9. The highest BCUT2D eigenvalue weighted by Gasteiger charge is 2.28. The van der Waals surface area contributed by atoms with E-state index in [4.69, 9.17) is 24.8 Å². The smallest absolute Gasteiger partial charge is 0.472 e. The third-order valence-electron chi connectivity index (χ3n) is 11.2. The number of phosphoric acid groups is 1. The van der Waals surface area contributed by atoms with Gasteiger partial charge in [-0.05, 0) is 44.9 Å². The van der Waals surface area contributed by atoms with Crippen LogP contribution in [0.4, 0.5) is 0 Å². The number of carboxylic acids is 1. The molecule has 12 heteroatoms. The van der Waals surface area contributed by atoms with Gasteiger partial charge in [-0.2, -0.15) is 0 Å². The molecule has 0 aromatic heterocycles. The van der Waals surface area contributed by atoms with Gasteiger partial charge in [0, 0.05) is 12.8 Å². The molecule has 364 valence electrons. The number of carboxylic acid groups (broad SMARTS) is 1. The van der Waals surface area contributed by atoms with E-state index in [2.05, 4.69) is 42.7 Å². The van der Waals surface area contributed by atoms with Crippen molar-refractivity contribution >= 4 is 25.7 Å². The molecule has 0 aliphatic carbocycles. The lowest BCUT2D eigenvalue weighted by atomic mass is 10.0. The summed E-state index contributed by atoms with van der Waals surface area (Å²) in [6, 6.07) is -1.52. The molecule has 0 bridgehead atoms. The summed E-state index contributed by atoms with van der Waals surface area (Å²) in [7, 11) is -4.72. The van der Waals surface area contributed by atoms with Crippen molar-refractivity contribution in [2.24, 2.45) is 5.73 Å². The standard InChI is InChI=1S/C50H94NO10P/c1-3-5-7-9-11-13-15-17-19-21-23-25-27-29-31-33-35-37-39-41-48(52)58-43-46(44-59-62(56,57)60-45-47(51)50(54)55)61-49(53)42-40-38-36-34-32-30-28-26-24-22-20-18-16-14-12-10-8-6-4-2/h12,14,18,20,46-47H,3-11,13,15-17,19,21-45,51H2,1-2H3,(H,54,55)(H,56,57)/b14-12-,20-18-/t46-,47+/m1/s1. The van der Waals surface area contributed by atoms with Gasteiger partial charge in [-0.3, -0.25) is 23.4 Å². The van der Waals surface area contributed by atoms with Crippen molar-refractivity contribution in [2.45, 2.75) is 257 Å². The molecule has 0 aromatic carbocycles. The van der Waals surface area contributed by atoms with E-state index in [0.29, 0.717) is 12.8 Å². The second-order valence-corrected chi connectivity index (χ2v) is 18.8. The maximum Gasteiger partial charge on any atom is 0.472 e. The number of carbonyl (C=O) groups excluding carboxylic acids is 2. The van der Waals surface area contributed by atoms with Crippen LogP contribution in [0.3, 0.4) is 0 Å². The Hall–Kier alpha value is -2.04. The molecule has 1 unspecified atom stereocenters. The van der Waals surface area contributed by atoms with Gasteiger partial charge in [0.1, 0.15) is 12.6 Å². The molecule has 3 atom stereocenters. The fourth-order valence-corrected chi connectivity index (χ4v) is 7.99. The van der Waals surface area contributed by atoms with Crippen molar-refractivity contribution in [3.63, 3.8) is 0 Å². The monoisotopic (exact) mass is 900 g/mol. The van der Waals surface area contributed by atoms with Crippen LogP contribution in [0.5, 0.6) is 0 Å². The number of ether oxygens (including phenoxy) is 2. The van der Waals surface area contributed by atoms with E-state index in [9.17, 15) is 23.8 Å². The van der Waals surface area contributed by atoms with Crippen LogP contribution in [-0.2, 0) is 37.5 Å². The average molecular weight is 900 g/mol. The minimum absolute atomic E-state index is 0.159. The summed E-state index contributed by atoms with van der Waals surface area (Å²) in [6.07, 6.45) is 49.5. The Morgan fingerprint density at radius 1 is 0.500 bits per heavy atom. The molecule has 0 spiro atoms. The fraction of sp³-hybridized carbons (Fsp3) is 0.860. The zero-order valence-corrected chi connectivity index (χ0v) is 40.6. The van der Waals surface area contributed by atoms with Gasteiger partial charge in [0.15, 0.2) is 6.10 Å². The first kappa shape index (κ1) is 60.0. The zero-order chi connectivity index (χ0) is 45.6. The molecule has 0 amide bonds. The molecule has 0 aliphatic heterocycles. The predicted octanol–water partition coefficient (Wildman–Crippen LogP) is 14.2. The van der Waals surface area contributed by atoms with Crippen molar-refractivity contribution in [2.75, 3.05) is 19.8 Å². The van der Waals surface area contributed by atoms with Gasteiger partial charge in [-0.1, -0.05) is 212 Å².